The molecule has 2 aliphatic rings. The molecule has 0 spiro atoms. The van der Waals surface area contributed by atoms with Crippen molar-refractivity contribution >= 4 is 11.8 Å². The lowest BCUT2D eigenvalue weighted by atomic mass is 9.79. The molecule has 2 rings (SSSR count). The molecule has 1 saturated heterocycles. The summed E-state index contributed by atoms with van der Waals surface area (Å²) in [5.41, 5.74) is -0.426. The van der Waals surface area contributed by atoms with Gasteiger partial charge < -0.3 is 10.4 Å². The molecule has 0 aromatic heterocycles. The second kappa shape index (κ2) is 5.28. The van der Waals surface area contributed by atoms with Crippen molar-refractivity contribution in [2.24, 2.45) is 5.92 Å². The zero-order valence-electron chi connectivity index (χ0n) is 10.5. The fourth-order valence-electron chi connectivity index (χ4n) is 3.11. The van der Waals surface area contributed by atoms with Crippen molar-refractivity contribution < 1.29 is 5.11 Å². The Hall–Kier alpha value is 0.270. The van der Waals surface area contributed by atoms with Gasteiger partial charge in [-0.2, -0.15) is 11.8 Å². The van der Waals surface area contributed by atoms with Gasteiger partial charge in [0.25, 0.3) is 0 Å². The van der Waals surface area contributed by atoms with E-state index in [0.29, 0.717) is 17.2 Å². The second-order valence-electron chi connectivity index (χ2n) is 5.78. The number of aliphatic hydroxyl groups is 1. The van der Waals surface area contributed by atoms with Crippen LogP contribution in [0.1, 0.15) is 46.0 Å². The molecule has 94 valence electrons. The first kappa shape index (κ1) is 12.7. The predicted octanol–water partition coefficient (Wildman–Crippen LogP) is 2.41. The molecule has 4 atom stereocenters. The van der Waals surface area contributed by atoms with Crippen LogP contribution >= 0.6 is 11.8 Å². The van der Waals surface area contributed by atoms with Crippen LogP contribution in [0.15, 0.2) is 0 Å². The van der Waals surface area contributed by atoms with Gasteiger partial charge in [-0.05, 0) is 30.9 Å². The topological polar surface area (TPSA) is 32.3 Å². The first-order chi connectivity index (χ1) is 7.59. The van der Waals surface area contributed by atoms with Gasteiger partial charge in [0.2, 0.25) is 0 Å². The van der Waals surface area contributed by atoms with Crippen LogP contribution in [0.4, 0.5) is 0 Å². The molecule has 0 bridgehead atoms. The molecular weight excluding hydrogens is 218 g/mol. The molecule has 1 saturated carbocycles. The van der Waals surface area contributed by atoms with E-state index in [9.17, 15) is 5.11 Å². The third-order valence-electron chi connectivity index (χ3n) is 4.14. The van der Waals surface area contributed by atoms with E-state index in [1.54, 1.807) is 0 Å². The largest absolute Gasteiger partial charge is 0.389 e. The molecule has 1 aliphatic heterocycles. The maximum absolute atomic E-state index is 10.5. The average molecular weight is 243 g/mol. The summed E-state index contributed by atoms with van der Waals surface area (Å²) in [6.07, 6.45) is 5.70. The summed E-state index contributed by atoms with van der Waals surface area (Å²) in [7, 11) is 0. The Morgan fingerprint density at radius 1 is 1.38 bits per heavy atom. The van der Waals surface area contributed by atoms with Gasteiger partial charge >= 0.3 is 0 Å². The van der Waals surface area contributed by atoms with Gasteiger partial charge in [-0.15, -0.1) is 0 Å². The van der Waals surface area contributed by atoms with Crippen LogP contribution in [0.25, 0.3) is 0 Å². The van der Waals surface area contributed by atoms with Gasteiger partial charge in [0.15, 0.2) is 0 Å². The Labute approximate surface area is 104 Å². The van der Waals surface area contributed by atoms with Gasteiger partial charge in [0.1, 0.15) is 0 Å². The lowest BCUT2D eigenvalue weighted by Gasteiger charge is -2.36. The predicted molar refractivity (Wildman–Crippen MR) is 70.9 cm³/mol. The molecule has 16 heavy (non-hydrogen) atoms. The summed E-state index contributed by atoms with van der Waals surface area (Å²) in [5.74, 6) is 1.96. The van der Waals surface area contributed by atoms with Crippen LogP contribution in [0.5, 0.6) is 0 Å². The van der Waals surface area contributed by atoms with Gasteiger partial charge in [0, 0.05) is 17.8 Å². The lowest BCUT2D eigenvalue weighted by Crippen LogP contribution is -2.48. The van der Waals surface area contributed by atoms with Gasteiger partial charge in [-0.3, -0.25) is 0 Å². The summed E-state index contributed by atoms with van der Waals surface area (Å²) in [5, 5.41) is 14.8. The molecule has 1 aliphatic carbocycles. The summed E-state index contributed by atoms with van der Waals surface area (Å²) >= 11 is 2.05. The monoisotopic (exact) mass is 243 g/mol. The molecule has 1 heterocycles. The highest BCUT2D eigenvalue weighted by Gasteiger charge is 2.34. The molecule has 0 radical (unpaired) electrons. The fraction of sp³-hybridized carbons (Fsp3) is 1.00. The van der Waals surface area contributed by atoms with E-state index < -0.39 is 5.60 Å². The molecule has 2 nitrogen and oxygen atoms in total. The van der Waals surface area contributed by atoms with E-state index in [1.165, 1.54) is 25.0 Å². The van der Waals surface area contributed by atoms with Crippen molar-refractivity contribution in [3.63, 3.8) is 0 Å². The van der Waals surface area contributed by atoms with Crippen molar-refractivity contribution in [2.75, 3.05) is 12.3 Å². The highest BCUT2D eigenvalue weighted by molar-refractivity contribution is 8.00. The van der Waals surface area contributed by atoms with E-state index in [0.717, 1.165) is 19.4 Å². The Kier molecular flexibility index (Phi) is 4.20. The summed E-state index contributed by atoms with van der Waals surface area (Å²) in [6, 6.07) is 0.617. The quantitative estimate of drug-likeness (QED) is 0.798. The van der Waals surface area contributed by atoms with E-state index in [1.807, 2.05) is 11.8 Å². The van der Waals surface area contributed by atoms with E-state index in [4.69, 9.17) is 0 Å². The summed E-state index contributed by atoms with van der Waals surface area (Å²) < 4.78 is 0. The first-order valence-corrected chi connectivity index (χ1v) is 7.71. The van der Waals surface area contributed by atoms with E-state index >= 15 is 0 Å². The van der Waals surface area contributed by atoms with Crippen LogP contribution in [-0.4, -0.2) is 34.3 Å². The molecule has 2 fully saturated rings. The third-order valence-corrected chi connectivity index (χ3v) is 5.46. The molecular formula is C13H25NOS. The van der Waals surface area contributed by atoms with Crippen LogP contribution in [0, 0.1) is 5.92 Å². The Balaban J connectivity index is 1.79. The molecule has 0 aromatic carbocycles. The van der Waals surface area contributed by atoms with Crippen LogP contribution < -0.4 is 5.32 Å². The molecule has 3 heteroatoms. The average Bonchev–Trinajstić information content (AvgIpc) is 2.61. The lowest BCUT2D eigenvalue weighted by molar-refractivity contribution is -0.0136. The van der Waals surface area contributed by atoms with Crippen molar-refractivity contribution in [2.45, 2.75) is 62.8 Å². The van der Waals surface area contributed by atoms with E-state index in [-0.39, 0.29) is 0 Å². The van der Waals surface area contributed by atoms with Gasteiger partial charge in [-0.1, -0.05) is 26.7 Å². The maximum Gasteiger partial charge on any atom is 0.0774 e. The number of hydrogen-bond acceptors (Lipinski definition) is 3. The van der Waals surface area contributed by atoms with Crippen molar-refractivity contribution in [3.05, 3.63) is 0 Å². The Morgan fingerprint density at radius 3 is 2.81 bits per heavy atom. The standard InChI is InChI=1S/C13H25NOS/c1-10-4-3-6-13(15,8-10)9-14-12-5-7-16-11(12)2/h10-12,14-15H,3-9H2,1-2H3. The molecule has 4 unspecified atom stereocenters. The van der Waals surface area contributed by atoms with Crippen LogP contribution in [0.2, 0.25) is 0 Å². The normalized spacial score (nSPS) is 44.8. The number of thioether (sulfide) groups is 1. The second-order valence-corrected chi connectivity index (χ2v) is 7.26. The van der Waals surface area contributed by atoms with Crippen molar-refractivity contribution in [3.8, 4) is 0 Å². The van der Waals surface area contributed by atoms with Crippen LogP contribution in [-0.2, 0) is 0 Å². The highest BCUT2D eigenvalue weighted by atomic mass is 32.2. The Bertz CT molecular complexity index is 236. The number of rotatable bonds is 3. The maximum atomic E-state index is 10.5. The summed E-state index contributed by atoms with van der Waals surface area (Å²) in [6.45, 7) is 5.36. The molecule has 2 N–H and O–H groups in total. The Morgan fingerprint density at radius 2 is 2.19 bits per heavy atom. The number of nitrogens with one attached hydrogen (secondary N) is 1. The van der Waals surface area contributed by atoms with Crippen molar-refractivity contribution in [1.29, 1.82) is 0 Å². The van der Waals surface area contributed by atoms with Crippen LogP contribution in [0.3, 0.4) is 0 Å². The zero-order valence-corrected chi connectivity index (χ0v) is 11.4. The minimum absolute atomic E-state index is 0.426. The minimum atomic E-state index is -0.426. The minimum Gasteiger partial charge on any atom is -0.389 e. The SMILES string of the molecule is CC1CCCC(O)(CNC2CCSC2C)C1. The summed E-state index contributed by atoms with van der Waals surface area (Å²) in [4.78, 5) is 0. The number of hydrogen-bond donors (Lipinski definition) is 2. The van der Waals surface area contributed by atoms with E-state index in [2.05, 4.69) is 19.2 Å². The van der Waals surface area contributed by atoms with Crippen molar-refractivity contribution in [1.82, 2.24) is 5.32 Å². The third kappa shape index (κ3) is 3.14. The van der Waals surface area contributed by atoms with Gasteiger partial charge in [-0.25, -0.2) is 0 Å². The fourth-order valence-corrected chi connectivity index (χ4v) is 4.34. The molecule has 0 aromatic rings. The zero-order chi connectivity index (χ0) is 11.6. The van der Waals surface area contributed by atoms with Gasteiger partial charge in [0.05, 0.1) is 5.60 Å². The highest BCUT2D eigenvalue weighted by Crippen LogP contribution is 2.32. The smallest absolute Gasteiger partial charge is 0.0774 e. The first-order valence-electron chi connectivity index (χ1n) is 6.66. The molecule has 0 amide bonds.